The summed E-state index contributed by atoms with van der Waals surface area (Å²) in [5, 5.41) is 48.7. The van der Waals surface area contributed by atoms with Crippen LogP contribution in [0.3, 0.4) is 0 Å². The molecule has 0 radical (unpaired) electrons. The average Bonchev–Trinajstić information content (AvgIpc) is 3.86. The van der Waals surface area contributed by atoms with Gasteiger partial charge in [-0.1, -0.05) is 65.8 Å². The molecule has 5 heterocycles. The zero-order valence-electron chi connectivity index (χ0n) is 42.2. The molecule has 1 aromatic rings. The Morgan fingerprint density at radius 2 is 0.897 bits per heavy atom. The predicted molar refractivity (Wildman–Crippen MR) is 259 cm³/mol. The smallest absolute Gasteiger partial charge is 0.339 e. The maximum Gasteiger partial charge on any atom is 0.339 e. The number of aliphatic hydroxyl groups is 4. The highest BCUT2D eigenvalue weighted by atomic mass is 16.6. The van der Waals surface area contributed by atoms with Crippen LogP contribution in [0, 0.1) is 92.7 Å². The first-order valence-corrected chi connectivity index (χ1v) is 27.5. The number of hydrogen-bond donors (Lipinski definition) is 4. The van der Waals surface area contributed by atoms with E-state index in [9.17, 15) is 30.0 Å². The van der Waals surface area contributed by atoms with Crippen LogP contribution in [0.15, 0.2) is 36.4 Å². The van der Waals surface area contributed by atoms with E-state index in [1.165, 1.54) is 0 Å². The normalized spacial score (nSPS) is 51.1. The van der Waals surface area contributed by atoms with Crippen molar-refractivity contribution in [2.75, 3.05) is 26.4 Å². The summed E-state index contributed by atoms with van der Waals surface area (Å²) in [5.74, 6) is 1.95. The molecule has 68 heavy (non-hydrogen) atoms. The van der Waals surface area contributed by atoms with Crippen LogP contribution in [0.25, 0.3) is 0 Å². The van der Waals surface area contributed by atoms with Crippen molar-refractivity contribution in [3.05, 3.63) is 47.5 Å². The van der Waals surface area contributed by atoms with E-state index in [2.05, 4.69) is 53.7 Å². The van der Waals surface area contributed by atoms with Gasteiger partial charge in [0.05, 0.1) is 48.8 Å². The molecular weight excluding hydrogens is 857 g/mol. The summed E-state index contributed by atoms with van der Waals surface area (Å²) in [6.45, 7) is 16.5. The summed E-state index contributed by atoms with van der Waals surface area (Å²) in [5.41, 5.74) is -0.243. The summed E-state index contributed by atoms with van der Waals surface area (Å²) < 4.78 is 24.9. The van der Waals surface area contributed by atoms with Gasteiger partial charge in [0.1, 0.15) is 12.2 Å². The summed E-state index contributed by atoms with van der Waals surface area (Å²) in [4.78, 5) is 28.2. The van der Waals surface area contributed by atoms with Crippen LogP contribution < -0.4 is 0 Å². The molecule has 14 rings (SSSR count). The molecule has 4 N–H and O–H groups in total. The minimum atomic E-state index is -0.516. The van der Waals surface area contributed by atoms with Crippen molar-refractivity contribution in [3.63, 3.8) is 0 Å². The molecule has 0 amide bonds. The van der Waals surface area contributed by atoms with Gasteiger partial charge in [-0.25, -0.2) is 9.59 Å². The summed E-state index contributed by atoms with van der Waals surface area (Å²) in [6, 6.07) is 6.86. The van der Waals surface area contributed by atoms with Crippen molar-refractivity contribution in [1.82, 2.24) is 0 Å². The zero-order valence-corrected chi connectivity index (χ0v) is 42.2. The average molecular weight is 943 g/mol. The predicted octanol–water partition coefficient (Wildman–Crippen LogP) is 9.59. The molecular formula is C58H86O10. The molecule has 0 spiro atoms. The van der Waals surface area contributed by atoms with E-state index in [0.717, 1.165) is 51.4 Å². The number of benzene rings is 1. The molecule has 10 nitrogen and oxygen atoms in total. The summed E-state index contributed by atoms with van der Waals surface area (Å²) in [6.07, 6.45) is 14.8. The van der Waals surface area contributed by atoms with E-state index in [4.69, 9.17) is 18.9 Å². The topological polar surface area (TPSA) is 152 Å². The third-order valence-electron chi connectivity index (χ3n) is 22.9. The van der Waals surface area contributed by atoms with Crippen molar-refractivity contribution < 1.29 is 49.0 Å². The van der Waals surface area contributed by atoms with E-state index in [-0.39, 0.29) is 92.3 Å². The third kappa shape index (κ3) is 8.10. The summed E-state index contributed by atoms with van der Waals surface area (Å²) in [7, 11) is 0. The first kappa shape index (κ1) is 49.2. The zero-order chi connectivity index (χ0) is 47.9. The number of ether oxygens (including phenoxy) is 4. The number of esters is 2. The van der Waals surface area contributed by atoms with Crippen molar-refractivity contribution in [2.45, 2.75) is 181 Å². The molecule has 378 valence electrons. The van der Waals surface area contributed by atoms with E-state index in [1.54, 1.807) is 24.3 Å². The number of hydrogen-bond acceptors (Lipinski definition) is 10. The Morgan fingerprint density at radius 1 is 0.500 bits per heavy atom. The van der Waals surface area contributed by atoms with Gasteiger partial charge in [-0.2, -0.15) is 0 Å². The SMILES string of the molecule is C[C@@H]1CCOCC=CCOCC[C@@H](C)[C@H]2CC[C@H]3[C@@H]4[C@H](O)C[C@@H]5C[C@@H](CC[C@]5(C)[C@H]4C[C@H](O)[C@]23C)OC(=O)c2ccccc2C(=O)O[C@@H]2CC[C@@]3(C)[C@@H](C2)C[C@@H](O)[C@@H]2[C@@H]3C[C@H](O)[C@]3(C)[C@@H]1CC[C@@H]23. The van der Waals surface area contributed by atoms with Gasteiger partial charge in [0.25, 0.3) is 0 Å². The Balaban J connectivity index is 0.871. The lowest BCUT2D eigenvalue weighted by Crippen LogP contribution is -2.62. The van der Waals surface area contributed by atoms with E-state index in [1.807, 2.05) is 0 Å². The molecule has 1 aromatic carbocycles. The Hall–Kier alpha value is -2.34. The molecule has 8 saturated carbocycles. The molecule has 0 saturated heterocycles. The first-order chi connectivity index (χ1) is 32.5. The van der Waals surface area contributed by atoms with Crippen molar-refractivity contribution in [1.29, 1.82) is 0 Å². The highest BCUT2D eigenvalue weighted by Gasteiger charge is 2.68. The molecule has 0 unspecified atom stereocenters. The third-order valence-corrected chi connectivity index (χ3v) is 22.9. The lowest BCUT2D eigenvalue weighted by Gasteiger charge is -2.63. The Labute approximate surface area is 407 Å². The molecule has 8 aliphatic carbocycles. The van der Waals surface area contributed by atoms with Gasteiger partial charge >= 0.3 is 11.9 Å². The molecule has 5 aliphatic heterocycles. The number of carbonyl (C=O) groups excluding carboxylic acids is 2. The number of carbonyl (C=O) groups is 2. The lowest BCUT2D eigenvalue weighted by atomic mass is 9.43. The molecule has 16 bridgehead atoms. The quantitative estimate of drug-likeness (QED) is 0.146. The Kier molecular flexibility index (Phi) is 13.7. The van der Waals surface area contributed by atoms with Gasteiger partial charge in [-0.05, 0) is 208 Å². The van der Waals surface area contributed by atoms with Gasteiger partial charge in [-0.15, -0.1) is 0 Å². The van der Waals surface area contributed by atoms with Crippen molar-refractivity contribution in [2.24, 2.45) is 92.7 Å². The van der Waals surface area contributed by atoms with Crippen LogP contribution in [0.1, 0.15) is 165 Å². The van der Waals surface area contributed by atoms with Crippen LogP contribution in [0.5, 0.6) is 0 Å². The molecule has 8 fully saturated rings. The van der Waals surface area contributed by atoms with Crippen LogP contribution >= 0.6 is 0 Å². The maximum absolute atomic E-state index is 14.1. The van der Waals surface area contributed by atoms with Gasteiger partial charge in [0, 0.05) is 13.2 Å². The minimum Gasteiger partial charge on any atom is -0.459 e. The van der Waals surface area contributed by atoms with Gasteiger partial charge < -0.3 is 39.4 Å². The summed E-state index contributed by atoms with van der Waals surface area (Å²) >= 11 is 0. The van der Waals surface area contributed by atoms with E-state index >= 15 is 0 Å². The minimum absolute atomic E-state index is 0.0802. The fourth-order valence-electron chi connectivity index (χ4n) is 19.1. The molecule has 13 aliphatic rings. The Morgan fingerprint density at radius 3 is 1.31 bits per heavy atom. The van der Waals surface area contributed by atoms with Gasteiger partial charge in [-0.3, -0.25) is 0 Å². The van der Waals surface area contributed by atoms with Crippen molar-refractivity contribution in [3.8, 4) is 0 Å². The van der Waals surface area contributed by atoms with E-state index < -0.39 is 36.4 Å². The fraction of sp³-hybridized carbons (Fsp3) is 0.828. The second kappa shape index (κ2) is 18.9. The van der Waals surface area contributed by atoms with Crippen LogP contribution in [-0.2, 0) is 18.9 Å². The second-order valence-electron chi connectivity index (χ2n) is 25.5. The maximum atomic E-state index is 14.1. The second-order valence-corrected chi connectivity index (χ2v) is 25.5. The van der Waals surface area contributed by atoms with Gasteiger partial charge in [0.15, 0.2) is 0 Å². The first-order valence-electron chi connectivity index (χ1n) is 27.5. The standard InChI is InChI=1S/C58H86O10/c1-33-19-25-65-23-9-10-24-66-26-20-34(2)42-14-16-44-52-46(32-50(62)58(42,44)6)56(4)22-18-38(28-36(56)30-48(52)60)68-54(64)40-12-8-7-11-39(40)53(63)67-37-17-21-55(3)35(27-37)29-47(59)51-43-15-13-41(33)57(43,5)49(61)31-45(51)55/h7-12,33-38,41-52,59-62H,13-32H2,1-6H3/t33-,34-,35+,36+,37-,38-,41-,42-,43+,44+,45+,46+,47-,48-,49+,50+,51+,52+,55+,56+,57-,58-/m1/s1. The van der Waals surface area contributed by atoms with Crippen molar-refractivity contribution >= 4 is 11.9 Å². The lowest BCUT2D eigenvalue weighted by molar-refractivity contribution is -0.207. The highest BCUT2D eigenvalue weighted by molar-refractivity contribution is 6.03. The molecule has 10 heteroatoms. The Bertz CT molecular complexity index is 1880. The molecule has 22 atom stereocenters. The van der Waals surface area contributed by atoms with E-state index in [0.29, 0.717) is 101 Å². The highest BCUT2D eigenvalue weighted by Crippen LogP contribution is 2.70. The van der Waals surface area contributed by atoms with Crippen LogP contribution in [-0.4, -0.2) is 95.4 Å². The largest absolute Gasteiger partial charge is 0.459 e. The number of aliphatic hydroxyl groups excluding tert-OH is 4. The number of rotatable bonds is 0. The monoisotopic (exact) mass is 943 g/mol. The molecule has 0 aromatic heterocycles. The van der Waals surface area contributed by atoms with Crippen LogP contribution in [0.2, 0.25) is 0 Å². The van der Waals surface area contributed by atoms with Crippen LogP contribution in [0.4, 0.5) is 0 Å². The van der Waals surface area contributed by atoms with Gasteiger partial charge in [0.2, 0.25) is 0 Å². The fourth-order valence-corrected chi connectivity index (χ4v) is 19.1.